The van der Waals surface area contributed by atoms with E-state index in [1.165, 1.54) is 0 Å². The van der Waals surface area contributed by atoms with Gasteiger partial charge >= 0.3 is 5.82 Å². The second-order valence-corrected chi connectivity index (χ2v) is 1.77. The van der Waals surface area contributed by atoms with Crippen LogP contribution in [0.4, 0.5) is 5.82 Å². The molecule has 4 nitrogen and oxygen atoms in total. The average molecular weight is 199 g/mol. The van der Waals surface area contributed by atoms with Crippen molar-refractivity contribution in [2.75, 3.05) is 0 Å². The molecule has 0 amide bonds. The summed E-state index contributed by atoms with van der Waals surface area (Å²) < 4.78 is 0. The average Bonchev–Trinajstić information content (AvgIpc) is 2.13. The van der Waals surface area contributed by atoms with Crippen molar-refractivity contribution in [3.63, 3.8) is 0 Å². The predicted octanol–water partition coefficient (Wildman–Crippen LogP) is 2.07. The predicted molar refractivity (Wildman–Crippen MR) is 46.7 cm³/mol. The Balaban J connectivity index is 0. The van der Waals surface area contributed by atoms with Gasteiger partial charge in [-0.2, -0.15) is 0 Å². The van der Waals surface area contributed by atoms with Crippen molar-refractivity contribution in [1.29, 1.82) is 0 Å². The summed E-state index contributed by atoms with van der Waals surface area (Å²) in [5.41, 5.74) is 0.667. The Morgan fingerprint density at radius 3 is 2.27 bits per heavy atom. The van der Waals surface area contributed by atoms with E-state index in [0.717, 1.165) is 0 Å². The third-order valence-corrected chi connectivity index (χ3v) is 1.11. The van der Waals surface area contributed by atoms with Gasteiger partial charge in [0.15, 0.2) is 0 Å². The van der Waals surface area contributed by atoms with Gasteiger partial charge in [0.1, 0.15) is 0 Å². The molecule has 0 atom stereocenters. The van der Waals surface area contributed by atoms with Crippen LogP contribution in [-0.4, -0.2) is 9.91 Å². The lowest BCUT2D eigenvalue weighted by Crippen LogP contribution is -1.88. The molecule has 6 heteroatoms. The number of nitro groups is 1. The number of nitrogens with one attached hydrogen (secondary N) is 1. The third-order valence-electron chi connectivity index (χ3n) is 1.11. The van der Waals surface area contributed by atoms with E-state index in [-0.39, 0.29) is 30.6 Å². The van der Waals surface area contributed by atoms with Crippen molar-refractivity contribution >= 4 is 30.6 Å². The first-order valence-electron chi connectivity index (χ1n) is 2.50. The van der Waals surface area contributed by atoms with E-state index < -0.39 is 4.92 Å². The maximum Gasteiger partial charge on any atom is 0.323 e. The van der Waals surface area contributed by atoms with Gasteiger partial charge in [-0.1, -0.05) is 0 Å². The van der Waals surface area contributed by atoms with Gasteiger partial charge in [-0.05, 0) is 17.9 Å². The highest BCUT2D eigenvalue weighted by atomic mass is 35.5. The number of halogens is 2. The van der Waals surface area contributed by atoms with Gasteiger partial charge in [0.05, 0.1) is 6.20 Å². The zero-order valence-electron chi connectivity index (χ0n) is 5.73. The van der Waals surface area contributed by atoms with Crippen LogP contribution in [0.5, 0.6) is 0 Å². The Labute approximate surface area is 76.0 Å². The molecule has 1 heterocycles. The fraction of sp³-hybridized carbons (Fsp3) is 0.200. The SMILES string of the molecule is Cc1cc[nH]c1[N+](=O)[O-].Cl.Cl. The number of H-pyrrole nitrogens is 1. The van der Waals surface area contributed by atoms with Gasteiger partial charge in [0.25, 0.3) is 0 Å². The second-order valence-electron chi connectivity index (χ2n) is 1.77. The Kier molecular flexibility index (Phi) is 5.84. The smallest absolute Gasteiger partial charge is 0.323 e. The minimum Gasteiger partial charge on any atom is -0.358 e. The lowest BCUT2D eigenvalue weighted by molar-refractivity contribution is -0.389. The standard InChI is InChI=1S/C5H6N2O2.2ClH/c1-4-2-3-6-5(4)7(8)9;;/h2-3,6H,1H3;2*1H. The molecule has 0 unspecified atom stereocenters. The Morgan fingerprint density at radius 1 is 1.55 bits per heavy atom. The van der Waals surface area contributed by atoms with Crippen LogP contribution < -0.4 is 0 Å². The largest absolute Gasteiger partial charge is 0.358 e. The number of aromatic amines is 1. The van der Waals surface area contributed by atoms with Crippen molar-refractivity contribution in [3.05, 3.63) is 27.9 Å². The summed E-state index contributed by atoms with van der Waals surface area (Å²) in [6.45, 7) is 1.69. The first-order chi connectivity index (χ1) is 4.22. The fourth-order valence-electron chi connectivity index (χ4n) is 0.635. The molecule has 0 aromatic carbocycles. The highest BCUT2D eigenvalue weighted by Crippen LogP contribution is 2.12. The first kappa shape index (κ1) is 12.9. The molecule has 1 aromatic rings. The quantitative estimate of drug-likeness (QED) is 0.555. The Morgan fingerprint density at radius 2 is 2.09 bits per heavy atom. The minimum absolute atomic E-state index is 0. The summed E-state index contributed by atoms with van der Waals surface area (Å²) >= 11 is 0. The molecule has 0 aliphatic carbocycles. The maximum atomic E-state index is 10.1. The molecule has 1 aromatic heterocycles. The van der Waals surface area contributed by atoms with Gasteiger partial charge in [0.2, 0.25) is 0 Å². The second kappa shape index (κ2) is 4.98. The summed E-state index contributed by atoms with van der Waals surface area (Å²) in [6, 6.07) is 1.66. The molecule has 0 radical (unpaired) electrons. The summed E-state index contributed by atoms with van der Waals surface area (Å²) in [4.78, 5) is 12.1. The molecule has 0 aliphatic heterocycles. The summed E-state index contributed by atoms with van der Waals surface area (Å²) in [5.74, 6) is 0.0787. The van der Waals surface area contributed by atoms with Gasteiger partial charge in [-0.3, -0.25) is 0 Å². The number of hydrogen-bond acceptors (Lipinski definition) is 2. The topological polar surface area (TPSA) is 58.9 Å². The van der Waals surface area contributed by atoms with Crippen LogP contribution in [0.1, 0.15) is 5.56 Å². The minimum atomic E-state index is -0.435. The molecule has 11 heavy (non-hydrogen) atoms. The van der Waals surface area contributed by atoms with Crippen LogP contribution in [0, 0.1) is 17.0 Å². The molecule has 0 saturated heterocycles. The molecule has 0 saturated carbocycles. The molecule has 0 fully saturated rings. The number of nitrogens with zero attached hydrogens (tertiary/aromatic N) is 1. The molecule has 64 valence electrons. The summed E-state index contributed by atoms with van der Waals surface area (Å²) in [5, 5.41) is 10.1. The van der Waals surface area contributed by atoms with E-state index in [1.54, 1.807) is 19.2 Å². The molecular weight excluding hydrogens is 191 g/mol. The number of hydrogen-bond donors (Lipinski definition) is 1. The highest BCUT2D eigenvalue weighted by Gasteiger charge is 2.06. The fourth-order valence-corrected chi connectivity index (χ4v) is 0.635. The monoisotopic (exact) mass is 198 g/mol. The van der Waals surface area contributed by atoms with Crippen molar-refractivity contribution in [1.82, 2.24) is 4.98 Å². The maximum absolute atomic E-state index is 10.1. The van der Waals surface area contributed by atoms with E-state index in [4.69, 9.17) is 0 Å². The van der Waals surface area contributed by atoms with Crippen molar-refractivity contribution < 1.29 is 4.92 Å². The zero-order chi connectivity index (χ0) is 6.85. The Hall–Kier alpha value is -0.740. The van der Waals surface area contributed by atoms with Gasteiger partial charge < -0.3 is 10.1 Å². The van der Waals surface area contributed by atoms with E-state index in [0.29, 0.717) is 5.56 Å². The van der Waals surface area contributed by atoms with E-state index >= 15 is 0 Å². The Bertz CT molecular complexity index is 236. The van der Waals surface area contributed by atoms with Crippen LogP contribution >= 0.6 is 24.8 Å². The molecule has 1 rings (SSSR count). The number of aryl methyl sites for hydroxylation is 1. The lowest BCUT2D eigenvalue weighted by atomic mass is 10.4. The first-order valence-corrected chi connectivity index (χ1v) is 2.50. The van der Waals surface area contributed by atoms with Gasteiger partial charge in [0, 0.05) is 5.56 Å². The normalized spacial score (nSPS) is 7.73. The van der Waals surface area contributed by atoms with Crippen LogP contribution in [-0.2, 0) is 0 Å². The highest BCUT2D eigenvalue weighted by molar-refractivity contribution is 5.85. The molecule has 0 bridgehead atoms. The molecule has 0 spiro atoms. The molecule has 1 N–H and O–H groups in total. The molecule has 0 aliphatic rings. The van der Waals surface area contributed by atoms with Gasteiger partial charge in [-0.25, -0.2) is 4.98 Å². The lowest BCUT2D eigenvalue weighted by Gasteiger charge is -1.88. The summed E-state index contributed by atoms with van der Waals surface area (Å²) in [6.07, 6.45) is 1.55. The summed E-state index contributed by atoms with van der Waals surface area (Å²) in [7, 11) is 0. The molecular formula is C5H8Cl2N2O2. The van der Waals surface area contributed by atoms with Crippen molar-refractivity contribution in [2.45, 2.75) is 6.92 Å². The number of aromatic nitrogens is 1. The van der Waals surface area contributed by atoms with E-state index in [2.05, 4.69) is 4.98 Å². The van der Waals surface area contributed by atoms with Crippen LogP contribution in [0.15, 0.2) is 12.3 Å². The zero-order valence-corrected chi connectivity index (χ0v) is 7.37. The van der Waals surface area contributed by atoms with E-state index in [1.807, 2.05) is 0 Å². The van der Waals surface area contributed by atoms with Gasteiger partial charge in [-0.15, -0.1) is 24.8 Å². The van der Waals surface area contributed by atoms with Crippen LogP contribution in [0.25, 0.3) is 0 Å². The van der Waals surface area contributed by atoms with E-state index in [9.17, 15) is 10.1 Å². The number of rotatable bonds is 1. The van der Waals surface area contributed by atoms with Crippen molar-refractivity contribution in [2.24, 2.45) is 0 Å². The van der Waals surface area contributed by atoms with Crippen LogP contribution in [0.2, 0.25) is 0 Å². The van der Waals surface area contributed by atoms with Crippen LogP contribution in [0.3, 0.4) is 0 Å². The third kappa shape index (κ3) is 2.78. The van der Waals surface area contributed by atoms with Crippen molar-refractivity contribution in [3.8, 4) is 0 Å².